The smallest absolute Gasteiger partial charge is 0.251 e. The Morgan fingerprint density at radius 2 is 2.07 bits per heavy atom. The van der Waals surface area contributed by atoms with Gasteiger partial charge in [0.05, 0.1) is 6.10 Å². The van der Waals surface area contributed by atoms with E-state index in [-0.39, 0.29) is 11.7 Å². The molecule has 1 aromatic carbocycles. The average molecular weight is 211 g/mol. The van der Waals surface area contributed by atoms with Gasteiger partial charge in [0.25, 0.3) is 5.91 Å². The molecule has 0 heterocycles. The van der Waals surface area contributed by atoms with Crippen LogP contribution in [0.15, 0.2) is 24.3 Å². The van der Waals surface area contributed by atoms with Crippen molar-refractivity contribution >= 4 is 5.91 Å². The molecule has 0 fully saturated rings. The van der Waals surface area contributed by atoms with Crippen molar-refractivity contribution in [3.05, 3.63) is 35.6 Å². The third-order valence-electron chi connectivity index (χ3n) is 1.95. The van der Waals surface area contributed by atoms with Crippen LogP contribution in [-0.4, -0.2) is 23.7 Å². The first kappa shape index (κ1) is 11.7. The molecule has 0 radical (unpaired) electrons. The molecule has 0 saturated heterocycles. The van der Waals surface area contributed by atoms with Crippen LogP contribution in [0.5, 0.6) is 0 Å². The summed E-state index contributed by atoms with van der Waals surface area (Å²) < 4.78 is 12.5. The minimum absolute atomic E-state index is 0.254. The van der Waals surface area contributed by atoms with Gasteiger partial charge >= 0.3 is 0 Å². The number of halogens is 1. The summed E-state index contributed by atoms with van der Waals surface area (Å²) in [5.74, 6) is -0.619. The van der Waals surface area contributed by atoms with Crippen LogP contribution < -0.4 is 5.32 Å². The molecular formula is C11H14FNO2. The number of hydrogen-bond acceptors (Lipinski definition) is 2. The van der Waals surface area contributed by atoms with E-state index in [9.17, 15) is 9.18 Å². The van der Waals surface area contributed by atoms with Gasteiger partial charge in [0.2, 0.25) is 0 Å². The van der Waals surface area contributed by atoms with Crippen LogP contribution in [0.2, 0.25) is 0 Å². The van der Waals surface area contributed by atoms with E-state index in [4.69, 9.17) is 5.11 Å². The molecule has 0 saturated carbocycles. The lowest BCUT2D eigenvalue weighted by atomic mass is 10.2. The summed E-state index contributed by atoms with van der Waals surface area (Å²) in [5, 5.41) is 11.6. The van der Waals surface area contributed by atoms with E-state index < -0.39 is 6.10 Å². The van der Waals surface area contributed by atoms with Gasteiger partial charge in [-0.25, -0.2) is 4.39 Å². The summed E-state index contributed by atoms with van der Waals surface area (Å²) in [6.45, 7) is 2.07. The predicted molar refractivity (Wildman–Crippen MR) is 55.0 cm³/mol. The minimum Gasteiger partial charge on any atom is -0.393 e. The summed E-state index contributed by atoms with van der Waals surface area (Å²) >= 11 is 0. The Labute approximate surface area is 87.9 Å². The number of amides is 1. The summed E-state index contributed by atoms with van der Waals surface area (Å²) in [4.78, 5) is 11.4. The minimum atomic E-state index is -0.432. The highest BCUT2D eigenvalue weighted by Crippen LogP contribution is 2.02. The van der Waals surface area contributed by atoms with E-state index in [1.54, 1.807) is 6.92 Å². The number of hydrogen-bond donors (Lipinski definition) is 2. The van der Waals surface area contributed by atoms with E-state index >= 15 is 0 Å². The molecule has 0 aliphatic carbocycles. The molecule has 1 atom stereocenters. The van der Waals surface area contributed by atoms with Gasteiger partial charge in [-0.3, -0.25) is 4.79 Å². The first-order valence-corrected chi connectivity index (χ1v) is 4.81. The number of carbonyl (C=O) groups is 1. The number of rotatable bonds is 4. The van der Waals surface area contributed by atoms with Gasteiger partial charge < -0.3 is 10.4 Å². The van der Waals surface area contributed by atoms with Crippen LogP contribution in [0.25, 0.3) is 0 Å². The van der Waals surface area contributed by atoms with Crippen LogP contribution in [0.1, 0.15) is 23.7 Å². The van der Waals surface area contributed by atoms with Crippen LogP contribution in [0.4, 0.5) is 4.39 Å². The van der Waals surface area contributed by atoms with Crippen molar-refractivity contribution in [2.75, 3.05) is 6.54 Å². The van der Waals surface area contributed by atoms with Crippen molar-refractivity contribution in [2.45, 2.75) is 19.4 Å². The van der Waals surface area contributed by atoms with Gasteiger partial charge in [0, 0.05) is 12.1 Å². The van der Waals surface area contributed by atoms with E-state index in [0.29, 0.717) is 18.5 Å². The summed E-state index contributed by atoms with van der Waals surface area (Å²) in [6.07, 6.45) is 0.0750. The Kier molecular flexibility index (Phi) is 4.24. The maximum atomic E-state index is 12.5. The van der Waals surface area contributed by atoms with E-state index in [1.165, 1.54) is 24.3 Å². The summed E-state index contributed by atoms with van der Waals surface area (Å²) in [6, 6.07) is 5.33. The molecule has 2 N–H and O–H groups in total. The van der Waals surface area contributed by atoms with Gasteiger partial charge in [-0.15, -0.1) is 0 Å². The zero-order valence-corrected chi connectivity index (χ0v) is 8.53. The second-order valence-electron chi connectivity index (χ2n) is 3.40. The Morgan fingerprint density at radius 3 is 2.60 bits per heavy atom. The first-order valence-electron chi connectivity index (χ1n) is 4.81. The SMILES string of the molecule is CC(O)CCNC(=O)c1ccc(F)cc1. The third-order valence-corrected chi connectivity index (χ3v) is 1.95. The number of carbonyl (C=O) groups excluding carboxylic acids is 1. The molecule has 1 amide bonds. The highest BCUT2D eigenvalue weighted by molar-refractivity contribution is 5.94. The molecule has 0 aliphatic heterocycles. The molecule has 1 aromatic rings. The molecule has 0 spiro atoms. The van der Waals surface area contributed by atoms with Gasteiger partial charge in [0.1, 0.15) is 5.82 Å². The lowest BCUT2D eigenvalue weighted by molar-refractivity contribution is 0.0945. The van der Waals surface area contributed by atoms with Crippen molar-refractivity contribution in [3.63, 3.8) is 0 Å². The van der Waals surface area contributed by atoms with E-state index in [2.05, 4.69) is 5.32 Å². The van der Waals surface area contributed by atoms with Gasteiger partial charge in [-0.05, 0) is 37.6 Å². The fourth-order valence-corrected chi connectivity index (χ4v) is 1.10. The first-order chi connectivity index (χ1) is 7.09. The number of aliphatic hydroxyl groups is 1. The van der Waals surface area contributed by atoms with Crippen molar-refractivity contribution < 1.29 is 14.3 Å². The Balaban J connectivity index is 2.43. The second kappa shape index (κ2) is 5.46. The van der Waals surface area contributed by atoms with Crippen molar-refractivity contribution in [1.29, 1.82) is 0 Å². The number of nitrogens with one attached hydrogen (secondary N) is 1. The quantitative estimate of drug-likeness (QED) is 0.789. The molecule has 1 rings (SSSR count). The average Bonchev–Trinajstić information content (AvgIpc) is 2.18. The third kappa shape index (κ3) is 4.08. The largest absolute Gasteiger partial charge is 0.393 e. The molecule has 3 nitrogen and oxygen atoms in total. The number of benzene rings is 1. The lowest BCUT2D eigenvalue weighted by Crippen LogP contribution is -2.26. The van der Waals surface area contributed by atoms with Crippen molar-refractivity contribution in [3.8, 4) is 0 Å². The normalized spacial score (nSPS) is 12.2. The highest BCUT2D eigenvalue weighted by atomic mass is 19.1. The second-order valence-corrected chi connectivity index (χ2v) is 3.40. The maximum absolute atomic E-state index is 12.5. The molecule has 0 bridgehead atoms. The molecule has 0 aliphatic rings. The Morgan fingerprint density at radius 1 is 1.47 bits per heavy atom. The topological polar surface area (TPSA) is 49.3 Å². The summed E-state index contributed by atoms with van der Waals surface area (Å²) in [7, 11) is 0. The van der Waals surface area contributed by atoms with Crippen molar-refractivity contribution in [1.82, 2.24) is 5.32 Å². The molecule has 82 valence electrons. The molecular weight excluding hydrogens is 197 g/mol. The molecule has 15 heavy (non-hydrogen) atoms. The maximum Gasteiger partial charge on any atom is 0.251 e. The van der Waals surface area contributed by atoms with E-state index in [1.807, 2.05) is 0 Å². The van der Waals surface area contributed by atoms with Crippen LogP contribution in [-0.2, 0) is 0 Å². The summed E-state index contributed by atoms with van der Waals surface area (Å²) in [5.41, 5.74) is 0.419. The van der Waals surface area contributed by atoms with E-state index in [0.717, 1.165) is 0 Å². The highest BCUT2D eigenvalue weighted by Gasteiger charge is 2.04. The zero-order chi connectivity index (χ0) is 11.3. The van der Waals surface area contributed by atoms with Crippen LogP contribution in [0, 0.1) is 5.82 Å². The van der Waals surface area contributed by atoms with Crippen LogP contribution in [0.3, 0.4) is 0 Å². The zero-order valence-electron chi connectivity index (χ0n) is 8.53. The molecule has 1 unspecified atom stereocenters. The monoisotopic (exact) mass is 211 g/mol. The predicted octanol–water partition coefficient (Wildman–Crippen LogP) is 1.33. The Hall–Kier alpha value is -1.42. The lowest BCUT2D eigenvalue weighted by Gasteiger charge is -2.06. The van der Waals surface area contributed by atoms with Gasteiger partial charge in [-0.2, -0.15) is 0 Å². The standard InChI is InChI=1S/C11H14FNO2/c1-8(14)6-7-13-11(15)9-2-4-10(12)5-3-9/h2-5,8,14H,6-7H2,1H3,(H,13,15). The van der Waals surface area contributed by atoms with Gasteiger partial charge in [-0.1, -0.05) is 0 Å². The number of aliphatic hydroxyl groups excluding tert-OH is 1. The fourth-order valence-electron chi connectivity index (χ4n) is 1.10. The van der Waals surface area contributed by atoms with Gasteiger partial charge in [0.15, 0.2) is 0 Å². The fraction of sp³-hybridized carbons (Fsp3) is 0.364. The van der Waals surface area contributed by atoms with Crippen LogP contribution >= 0.6 is 0 Å². The Bertz CT molecular complexity index is 322. The molecule has 0 aromatic heterocycles. The van der Waals surface area contributed by atoms with Crippen molar-refractivity contribution in [2.24, 2.45) is 0 Å². The molecule has 4 heteroatoms.